The van der Waals surface area contributed by atoms with Gasteiger partial charge in [0, 0.05) is 6.20 Å². The Hall–Kier alpha value is -7.44. The van der Waals surface area contributed by atoms with E-state index in [-0.39, 0.29) is 5.69 Å². The first kappa shape index (κ1) is 35.3. The molecule has 278 valence electrons. The van der Waals surface area contributed by atoms with Crippen molar-refractivity contribution in [3.8, 4) is 39.9 Å². The molecule has 9 rings (SSSR count). The van der Waals surface area contributed by atoms with Crippen LogP contribution in [0.3, 0.4) is 0 Å². The van der Waals surface area contributed by atoms with Gasteiger partial charge in [-0.05, 0) is 109 Å². The van der Waals surface area contributed by atoms with Gasteiger partial charge in [-0.2, -0.15) is 0 Å². The Morgan fingerprint density at radius 1 is 0.579 bits per heavy atom. The van der Waals surface area contributed by atoms with Crippen molar-refractivity contribution in [3.05, 3.63) is 203 Å². The zero-order valence-electron chi connectivity index (χ0n) is 30.9. The molecule has 0 saturated heterocycles. The highest BCUT2D eigenvalue weighted by atomic mass is 16.4. The number of phenols is 5. The van der Waals surface area contributed by atoms with E-state index >= 15 is 0 Å². The van der Waals surface area contributed by atoms with Crippen molar-refractivity contribution in [1.29, 1.82) is 0 Å². The summed E-state index contributed by atoms with van der Waals surface area (Å²) in [4.78, 5) is 0. The fourth-order valence-corrected chi connectivity index (χ4v) is 8.61. The Labute approximate surface area is 330 Å². The SMILES string of the molecule is Oc1c(O)c(O)c(N/C=C/C=C\C(=C/c2ccc3c(c2)C(C2=CCCC=C2)(c2ccccc2)c2ccccc2-3)c2cc3ccccc3c3ccccc23)c(O)c1O. The molecule has 0 spiro atoms. The standard InChI is InChI=1S/C51H39NO5/c53-46-45(47(54)49(56)50(57)48(46)55)52-28-14-13-16-33(42-31-34-15-7-8-21-37(34)38-22-9-10-23-39(38)42)29-32-26-27-41-40-24-11-12-25-43(40)51(44(41)30-32,35-17-3-1-4-18-35)36-19-5-2-6-20-36/h1,3-5,7-31,52-57H,2,6H2/b16-13-,28-14+,33-29+. The van der Waals surface area contributed by atoms with Crippen LogP contribution in [0.1, 0.15) is 40.7 Å². The minimum absolute atomic E-state index is 0.354. The van der Waals surface area contributed by atoms with Crippen molar-refractivity contribution in [1.82, 2.24) is 0 Å². The zero-order chi connectivity index (χ0) is 39.1. The quantitative estimate of drug-likeness (QED) is 0.0304. The van der Waals surface area contributed by atoms with Crippen LogP contribution in [0.25, 0.3) is 44.3 Å². The van der Waals surface area contributed by atoms with Crippen LogP contribution in [-0.2, 0) is 5.41 Å². The molecule has 7 aromatic carbocycles. The van der Waals surface area contributed by atoms with Gasteiger partial charge in [-0.3, -0.25) is 0 Å². The van der Waals surface area contributed by atoms with Crippen LogP contribution in [0.5, 0.6) is 28.7 Å². The lowest BCUT2D eigenvalue weighted by Crippen LogP contribution is -2.29. The fraction of sp³-hybridized carbons (Fsp3) is 0.0588. The molecule has 7 aromatic rings. The first-order chi connectivity index (χ1) is 27.9. The van der Waals surface area contributed by atoms with Crippen LogP contribution in [-0.4, -0.2) is 25.5 Å². The van der Waals surface area contributed by atoms with Gasteiger partial charge in [0.05, 0.1) is 5.41 Å². The predicted octanol–water partition coefficient (Wildman–Crippen LogP) is 11.8. The minimum Gasteiger partial charge on any atom is -0.503 e. The molecular weight excluding hydrogens is 707 g/mol. The molecule has 1 unspecified atom stereocenters. The number of aromatic hydroxyl groups is 5. The number of anilines is 1. The van der Waals surface area contributed by atoms with Crippen LogP contribution >= 0.6 is 0 Å². The Balaban J connectivity index is 1.22. The average molecular weight is 746 g/mol. The van der Waals surface area contributed by atoms with Gasteiger partial charge in [0.2, 0.25) is 17.2 Å². The van der Waals surface area contributed by atoms with E-state index in [0.29, 0.717) is 0 Å². The summed E-state index contributed by atoms with van der Waals surface area (Å²) in [5.74, 6) is -4.52. The van der Waals surface area contributed by atoms with Crippen molar-refractivity contribution in [3.63, 3.8) is 0 Å². The van der Waals surface area contributed by atoms with E-state index in [0.717, 1.165) is 45.7 Å². The van der Waals surface area contributed by atoms with Crippen LogP contribution < -0.4 is 5.32 Å². The molecule has 6 N–H and O–H groups in total. The Morgan fingerprint density at radius 3 is 2.02 bits per heavy atom. The minimum atomic E-state index is -1.01. The highest BCUT2D eigenvalue weighted by molar-refractivity contribution is 6.13. The normalized spacial score (nSPS) is 16.4. The monoisotopic (exact) mass is 745 g/mol. The van der Waals surface area contributed by atoms with E-state index in [4.69, 9.17) is 0 Å². The molecule has 1 atom stereocenters. The maximum Gasteiger partial charge on any atom is 0.208 e. The summed E-state index contributed by atoms with van der Waals surface area (Å²) in [5.41, 5.74) is 9.63. The smallest absolute Gasteiger partial charge is 0.208 e. The van der Waals surface area contributed by atoms with Crippen LogP contribution in [0.2, 0.25) is 0 Å². The third-order valence-corrected chi connectivity index (χ3v) is 11.2. The number of allylic oxidation sites excluding steroid dienone is 8. The van der Waals surface area contributed by atoms with E-state index in [1.165, 1.54) is 45.0 Å². The molecular formula is C51H39NO5. The Kier molecular flexibility index (Phi) is 8.87. The number of rotatable bonds is 8. The number of hydrogen-bond acceptors (Lipinski definition) is 6. The molecule has 0 aromatic heterocycles. The number of nitrogens with one attached hydrogen (secondary N) is 1. The van der Waals surface area contributed by atoms with Crippen molar-refractivity contribution >= 4 is 38.9 Å². The first-order valence-electron chi connectivity index (χ1n) is 19.0. The van der Waals surface area contributed by atoms with Gasteiger partial charge in [-0.25, -0.2) is 0 Å². The van der Waals surface area contributed by atoms with E-state index in [1.54, 1.807) is 6.08 Å². The number of phenolic OH excluding ortho intramolecular Hbond substituents is 5. The number of hydrogen-bond donors (Lipinski definition) is 6. The molecule has 0 amide bonds. The summed E-state index contributed by atoms with van der Waals surface area (Å²) >= 11 is 0. The molecule has 6 nitrogen and oxygen atoms in total. The van der Waals surface area contributed by atoms with Crippen LogP contribution in [0.4, 0.5) is 5.69 Å². The Morgan fingerprint density at radius 2 is 1.25 bits per heavy atom. The molecule has 0 bridgehead atoms. The number of fused-ring (bicyclic) bond motifs is 6. The average Bonchev–Trinajstić information content (AvgIpc) is 3.56. The summed E-state index contributed by atoms with van der Waals surface area (Å²) in [6.07, 6.45) is 18.2. The van der Waals surface area contributed by atoms with Crippen molar-refractivity contribution in [2.75, 3.05) is 5.32 Å². The largest absolute Gasteiger partial charge is 0.503 e. The molecule has 0 aliphatic heterocycles. The fourth-order valence-electron chi connectivity index (χ4n) is 8.61. The van der Waals surface area contributed by atoms with Gasteiger partial charge in [-0.15, -0.1) is 0 Å². The van der Waals surface area contributed by atoms with Crippen molar-refractivity contribution < 1.29 is 25.5 Å². The molecule has 2 aliphatic carbocycles. The Bertz CT molecular complexity index is 2850. The first-order valence-corrected chi connectivity index (χ1v) is 19.0. The molecule has 2 aliphatic rings. The van der Waals surface area contributed by atoms with Gasteiger partial charge in [0.25, 0.3) is 0 Å². The maximum atomic E-state index is 10.3. The van der Waals surface area contributed by atoms with Gasteiger partial charge >= 0.3 is 0 Å². The van der Waals surface area contributed by atoms with Gasteiger partial charge < -0.3 is 30.8 Å². The lowest BCUT2D eigenvalue weighted by atomic mass is 9.66. The second kappa shape index (κ2) is 14.3. The van der Waals surface area contributed by atoms with Crippen molar-refractivity contribution in [2.24, 2.45) is 0 Å². The van der Waals surface area contributed by atoms with E-state index < -0.39 is 34.2 Å². The lowest BCUT2D eigenvalue weighted by Gasteiger charge is -2.35. The maximum absolute atomic E-state index is 10.3. The third kappa shape index (κ3) is 5.81. The van der Waals surface area contributed by atoms with Crippen LogP contribution in [0, 0.1) is 0 Å². The van der Waals surface area contributed by atoms with Gasteiger partial charge in [0.15, 0.2) is 11.5 Å². The molecule has 6 heteroatoms. The molecule has 0 saturated carbocycles. The van der Waals surface area contributed by atoms with E-state index in [2.05, 4.69) is 151 Å². The van der Waals surface area contributed by atoms with Crippen molar-refractivity contribution in [2.45, 2.75) is 18.3 Å². The molecule has 0 fully saturated rings. The van der Waals surface area contributed by atoms with E-state index in [9.17, 15) is 25.5 Å². The second-order valence-corrected chi connectivity index (χ2v) is 14.4. The summed E-state index contributed by atoms with van der Waals surface area (Å²) in [6.45, 7) is 0. The third-order valence-electron chi connectivity index (χ3n) is 11.2. The molecule has 0 heterocycles. The highest BCUT2D eigenvalue weighted by Crippen LogP contribution is 2.57. The molecule has 0 radical (unpaired) electrons. The highest BCUT2D eigenvalue weighted by Gasteiger charge is 2.46. The predicted molar refractivity (Wildman–Crippen MR) is 231 cm³/mol. The summed E-state index contributed by atoms with van der Waals surface area (Å²) in [5, 5.41) is 57.7. The van der Waals surface area contributed by atoms with Crippen LogP contribution in [0.15, 0.2) is 176 Å². The number of benzene rings is 7. The summed E-state index contributed by atoms with van der Waals surface area (Å²) in [6, 6.07) is 45.4. The second-order valence-electron chi connectivity index (χ2n) is 14.4. The van der Waals surface area contributed by atoms with Gasteiger partial charge in [0.1, 0.15) is 5.69 Å². The zero-order valence-corrected chi connectivity index (χ0v) is 30.9. The summed E-state index contributed by atoms with van der Waals surface area (Å²) in [7, 11) is 0. The lowest BCUT2D eigenvalue weighted by molar-refractivity contribution is 0.330. The van der Waals surface area contributed by atoms with Gasteiger partial charge in [-0.1, -0.05) is 146 Å². The summed E-state index contributed by atoms with van der Waals surface area (Å²) < 4.78 is 0. The van der Waals surface area contributed by atoms with E-state index in [1.807, 2.05) is 18.2 Å². The molecule has 57 heavy (non-hydrogen) atoms. The topological polar surface area (TPSA) is 113 Å².